The average Bonchev–Trinajstić information content (AvgIpc) is 3.32. The number of rotatable bonds is 48. The number of esters is 1. The van der Waals surface area contributed by atoms with E-state index in [0.717, 1.165) is 70.6 Å². The Morgan fingerprint density at radius 3 is 1.39 bits per heavy atom. The molecule has 0 saturated heterocycles. The van der Waals surface area contributed by atoms with E-state index in [4.69, 9.17) is 13.8 Å². The van der Waals surface area contributed by atoms with Crippen LogP contribution in [0.2, 0.25) is 0 Å². The van der Waals surface area contributed by atoms with E-state index in [9.17, 15) is 19.0 Å². The van der Waals surface area contributed by atoms with Gasteiger partial charge in [0.25, 0.3) is 7.82 Å². The Balaban J connectivity index is 5.51. The number of phosphoric acid groups is 1. The fourth-order valence-electron chi connectivity index (χ4n) is 7.31. The number of allylic oxidation sites excluding steroid dienone is 17. The molecule has 1 N–H and O–H groups in total. The maximum atomic E-state index is 13.4. The number of nitrogens with one attached hydrogen (secondary N) is 1. The van der Waals surface area contributed by atoms with Crippen LogP contribution in [0, 0.1) is 0 Å². The van der Waals surface area contributed by atoms with Crippen molar-refractivity contribution in [3.8, 4) is 0 Å². The first-order valence-electron chi connectivity index (χ1n) is 27.8. The molecule has 9 nitrogen and oxygen atoms in total. The molecule has 0 aliphatic heterocycles. The molecular weight excluding hydrogens is 892 g/mol. The van der Waals surface area contributed by atoms with E-state index in [-0.39, 0.29) is 25.4 Å². The Kier molecular flexibility index (Phi) is 46.9. The second-order valence-electron chi connectivity index (χ2n) is 19.5. The molecule has 1 amide bonds. The lowest BCUT2D eigenvalue weighted by molar-refractivity contribution is -0.870. The highest BCUT2D eigenvalue weighted by molar-refractivity contribution is 7.45. The standard InChI is InChI=1S/C60H103N2O7P/c1-7-10-13-16-19-22-25-27-29-31-33-35-38-41-44-47-50-53-60(64)69-58(51-48-45-42-39-36-24-21-18-15-12-9-3)57(56-68-70(65,66)67-55-54-62(4,5)6)61-59(63)52-49-46-43-40-37-34-32-30-28-26-23-20-17-14-11-8-2/h10,13,16,19,22,25,27,29-35,37-38,48,51,57-58H,7-9,11-12,14-15,17-18,20-21,23-24,26,28,36,39-47,49-50,52-56H2,1-6H3,(H-,61,63,65,66)/b13-10-,19-16+,25-22+,29-27-,32-30+,33-31+,37-34+,38-35+,51-48+. The molecule has 0 aromatic carbocycles. The number of likely N-dealkylation sites (N-methyl/N-ethyl adjacent to an activating group) is 1. The van der Waals surface area contributed by atoms with Gasteiger partial charge in [-0.1, -0.05) is 227 Å². The summed E-state index contributed by atoms with van der Waals surface area (Å²) in [4.78, 5) is 39.8. The summed E-state index contributed by atoms with van der Waals surface area (Å²) in [7, 11) is 1.12. The largest absolute Gasteiger partial charge is 0.756 e. The molecule has 10 heteroatoms. The summed E-state index contributed by atoms with van der Waals surface area (Å²) >= 11 is 0. The third-order valence-corrected chi connectivity index (χ3v) is 12.6. The third-order valence-electron chi connectivity index (χ3n) is 11.6. The maximum Gasteiger partial charge on any atom is 0.306 e. The van der Waals surface area contributed by atoms with E-state index < -0.39 is 32.5 Å². The van der Waals surface area contributed by atoms with Crippen LogP contribution in [0.3, 0.4) is 0 Å². The summed E-state index contributed by atoms with van der Waals surface area (Å²) in [6, 6.07) is -0.926. The van der Waals surface area contributed by atoms with E-state index in [1.807, 2.05) is 88.0 Å². The molecule has 3 unspecified atom stereocenters. The lowest BCUT2D eigenvalue weighted by atomic mass is 10.1. The molecule has 3 atom stereocenters. The minimum Gasteiger partial charge on any atom is -0.756 e. The number of phosphoric ester groups is 1. The van der Waals surface area contributed by atoms with Gasteiger partial charge in [-0.2, -0.15) is 0 Å². The van der Waals surface area contributed by atoms with Crippen molar-refractivity contribution in [2.45, 2.75) is 219 Å². The first-order valence-corrected chi connectivity index (χ1v) is 29.3. The normalized spacial score (nSPS) is 14.7. The van der Waals surface area contributed by atoms with Gasteiger partial charge in [0.1, 0.15) is 19.3 Å². The van der Waals surface area contributed by atoms with Crippen molar-refractivity contribution in [3.05, 3.63) is 109 Å². The van der Waals surface area contributed by atoms with Gasteiger partial charge in [0.05, 0.1) is 33.8 Å². The number of hydrogen-bond acceptors (Lipinski definition) is 7. The van der Waals surface area contributed by atoms with Crippen molar-refractivity contribution in [2.24, 2.45) is 0 Å². The van der Waals surface area contributed by atoms with E-state index in [1.165, 1.54) is 89.9 Å². The number of unbranched alkanes of at least 4 members (excludes halogenated alkanes) is 22. The molecule has 0 aliphatic rings. The zero-order chi connectivity index (χ0) is 51.5. The molecule has 0 bridgehead atoms. The summed E-state index contributed by atoms with van der Waals surface area (Å²) in [5, 5.41) is 2.98. The lowest BCUT2D eigenvalue weighted by Crippen LogP contribution is -2.47. The number of hydrogen-bond donors (Lipinski definition) is 1. The van der Waals surface area contributed by atoms with Crippen LogP contribution < -0.4 is 10.2 Å². The molecule has 400 valence electrons. The highest BCUT2D eigenvalue weighted by atomic mass is 31.2. The minimum atomic E-state index is -4.72. The summed E-state index contributed by atoms with van der Waals surface area (Å²) in [6.45, 7) is 6.60. The Hall–Kier alpha value is -3.33. The summed E-state index contributed by atoms with van der Waals surface area (Å²) in [5.41, 5.74) is 0. The molecular formula is C60H103N2O7P. The van der Waals surface area contributed by atoms with Gasteiger partial charge in [-0.05, 0) is 76.7 Å². The molecule has 0 rings (SSSR count). The Labute approximate surface area is 430 Å². The van der Waals surface area contributed by atoms with Crippen LogP contribution in [0.5, 0.6) is 0 Å². The van der Waals surface area contributed by atoms with Gasteiger partial charge in [0.2, 0.25) is 5.91 Å². The number of quaternary nitrogens is 1. The average molecular weight is 995 g/mol. The number of nitrogens with zero attached hydrogens (tertiary/aromatic N) is 1. The van der Waals surface area contributed by atoms with Crippen molar-refractivity contribution in [1.29, 1.82) is 0 Å². The molecule has 0 heterocycles. The Morgan fingerprint density at radius 2 is 0.914 bits per heavy atom. The summed E-state index contributed by atoms with van der Waals surface area (Å²) in [6.07, 6.45) is 66.3. The number of carbonyl (C=O) groups excluding carboxylic acids is 2. The molecule has 0 spiro atoms. The monoisotopic (exact) mass is 995 g/mol. The highest BCUT2D eigenvalue weighted by Gasteiger charge is 2.27. The maximum absolute atomic E-state index is 13.4. The van der Waals surface area contributed by atoms with Crippen LogP contribution in [-0.4, -0.2) is 69.4 Å². The van der Waals surface area contributed by atoms with Gasteiger partial charge in [-0.25, -0.2) is 0 Å². The second kappa shape index (κ2) is 49.3. The molecule has 0 aromatic heterocycles. The topological polar surface area (TPSA) is 114 Å². The van der Waals surface area contributed by atoms with E-state index in [0.29, 0.717) is 23.9 Å². The first kappa shape index (κ1) is 66.7. The number of amides is 1. The predicted molar refractivity (Wildman–Crippen MR) is 297 cm³/mol. The van der Waals surface area contributed by atoms with Crippen LogP contribution in [0.1, 0.15) is 207 Å². The van der Waals surface area contributed by atoms with Crippen molar-refractivity contribution in [2.75, 3.05) is 40.9 Å². The molecule has 0 aliphatic carbocycles. The molecule has 0 saturated carbocycles. The Bertz CT molecular complexity index is 1570. The van der Waals surface area contributed by atoms with Crippen LogP contribution in [0.4, 0.5) is 0 Å². The summed E-state index contributed by atoms with van der Waals surface area (Å²) in [5.74, 6) is -0.633. The van der Waals surface area contributed by atoms with Crippen LogP contribution in [-0.2, 0) is 27.9 Å². The van der Waals surface area contributed by atoms with E-state index >= 15 is 0 Å². The van der Waals surface area contributed by atoms with Crippen molar-refractivity contribution in [3.63, 3.8) is 0 Å². The van der Waals surface area contributed by atoms with Crippen molar-refractivity contribution < 1.29 is 37.3 Å². The van der Waals surface area contributed by atoms with Gasteiger partial charge >= 0.3 is 5.97 Å². The second-order valence-corrected chi connectivity index (χ2v) is 20.9. The SMILES string of the molecule is CC\C=C/C=C/C=C/C=C\C=C\C=C\CCCCCC(=O)OC(/C=C/CCCCCCCCCCC)C(COP(=O)([O-])OCC[N+](C)(C)C)NC(=O)CCCCC/C=C/C=C/CCCCCCCCC. The van der Waals surface area contributed by atoms with Gasteiger partial charge in [-0.3, -0.25) is 14.2 Å². The minimum absolute atomic E-state index is 0.0410. The fourth-order valence-corrected chi connectivity index (χ4v) is 8.03. The summed E-state index contributed by atoms with van der Waals surface area (Å²) < 4.78 is 30.1. The van der Waals surface area contributed by atoms with Gasteiger partial charge in [0, 0.05) is 12.8 Å². The van der Waals surface area contributed by atoms with Crippen LogP contribution in [0.25, 0.3) is 0 Å². The Morgan fingerprint density at radius 1 is 0.514 bits per heavy atom. The molecule has 0 fully saturated rings. The van der Waals surface area contributed by atoms with Gasteiger partial charge in [-0.15, -0.1) is 0 Å². The highest BCUT2D eigenvalue weighted by Crippen LogP contribution is 2.38. The molecule has 0 aromatic rings. The van der Waals surface area contributed by atoms with E-state index in [2.05, 4.69) is 62.5 Å². The van der Waals surface area contributed by atoms with Crippen LogP contribution >= 0.6 is 7.82 Å². The zero-order valence-corrected chi connectivity index (χ0v) is 46.3. The zero-order valence-electron chi connectivity index (χ0n) is 45.4. The number of carbonyl (C=O) groups is 2. The lowest BCUT2D eigenvalue weighted by Gasteiger charge is -2.30. The van der Waals surface area contributed by atoms with Crippen molar-refractivity contribution >= 4 is 19.7 Å². The van der Waals surface area contributed by atoms with Gasteiger partial charge < -0.3 is 28.5 Å². The van der Waals surface area contributed by atoms with Gasteiger partial charge in [0.15, 0.2) is 0 Å². The first-order chi connectivity index (χ1) is 33.9. The third kappa shape index (κ3) is 49.6. The fraction of sp³-hybridized carbons (Fsp3) is 0.667. The predicted octanol–water partition coefficient (Wildman–Crippen LogP) is 16.0. The smallest absolute Gasteiger partial charge is 0.306 e. The van der Waals surface area contributed by atoms with E-state index in [1.54, 1.807) is 6.08 Å². The number of ether oxygens (including phenoxy) is 1. The van der Waals surface area contributed by atoms with Crippen LogP contribution in [0.15, 0.2) is 109 Å². The molecule has 70 heavy (non-hydrogen) atoms. The molecule has 0 radical (unpaired) electrons. The van der Waals surface area contributed by atoms with Crippen molar-refractivity contribution in [1.82, 2.24) is 5.32 Å². The quantitative estimate of drug-likeness (QED) is 0.0161.